The quantitative estimate of drug-likeness (QED) is 0.865. The summed E-state index contributed by atoms with van der Waals surface area (Å²) in [6, 6.07) is 7.95. The summed E-state index contributed by atoms with van der Waals surface area (Å²) in [5.74, 6) is -0.891. The number of aliphatic carboxylic acids is 1. The van der Waals surface area contributed by atoms with Gasteiger partial charge in [0, 0.05) is 6.54 Å². The fourth-order valence-corrected chi connectivity index (χ4v) is 2.75. The second-order valence-electron chi connectivity index (χ2n) is 5.37. The van der Waals surface area contributed by atoms with Gasteiger partial charge in [-0.05, 0) is 50.0 Å². The fourth-order valence-electron chi connectivity index (χ4n) is 2.75. The topological polar surface area (TPSA) is 66.6 Å². The van der Waals surface area contributed by atoms with Crippen LogP contribution in [0, 0.1) is 0 Å². The number of hydrogen-bond donors (Lipinski definition) is 2. The number of carbonyl (C=O) groups is 1. The Morgan fingerprint density at radius 1 is 1.47 bits per heavy atom. The number of hydrogen-bond acceptors (Lipinski definition) is 3. The summed E-state index contributed by atoms with van der Waals surface area (Å²) >= 11 is 0. The maximum Gasteiger partial charge on any atom is 0.312 e. The third kappa shape index (κ3) is 3.33. The molecule has 1 saturated heterocycles. The molecule has 1 aliphatic heterocycles. The molecule has 0 bridgehead atoms. The lowest BCUT2D eigenvalue weighted by molar-refractivity contribution is -0.138. The largest absolute Gasteiger partial charge is 0.481 e. The van der Waals surface area contributed by atoms with Crippen molar-refractivity contribution in [2.75, 3.05) is 26.7 Å². The van der Waals surface area contributed by atoms with Gasteiger partial charge in [0.05, 0.1) is 5.92 Å². The van der Waals surface area contributed by atoms with E-state index in [2.05, 4.69) is 18.0 Å². The van der Waals surface area contributed by atoms with Crippen molar-refractivity contribution in [3.05, 3.63) is 35.4 Å². The molecule has 3 N–H and O–H groups in total. The van der Waals surface area contributed by atoms with Crippen molar-refractivity contribution in [3.63, 3.8) is 0 Å². The molecule has 4 heteroatoms. The summed E-state index contributed by atoms with van der Waals surface area (Å²) in [6.07, 6.45) is 2.28. The molecule has 0 aromatic heterocycles. The van der Waals surface area contributed by atoms with Gasteiger partial charge in [-0.25, -0.2) is 0 Å². The van der Waals surface area contributed by atoms with E-state index in [0.29, 0.717) is 5.92 Å². The highest BCUT2D eigenvalue weighted by molar-refractivity contribution is 5.76. The molecule has 1 aromatic carbocycles. The lowest BCUT2D eigenvalue weighted by Gasteiger charge is -2.29. The highest BCUT2D eigenvalue weighted by Crippen LogP contribution is 2.29. The zero-order valence-electron chi connectivity index (χ0n) is 11.4. The molecule has 0 aliphatic carbocycles. The average Bonchev–Trinajstić information content (AvgIpc) is 2.40. The minimum atomic E-state index is -0.844. The second-order valence-corrected chi connectivity index (χ2v) is 5.37. The van der Waals surface area contributed by atoms with E-state index in [0.717, 1.165) is 31.5 Å². The number of nitrogens with two attached hydrogens (primary N) is 1. The average molecular weight is 262 g/mol. The first-order valence-corrected chi connectivity index (χ1v) is 6.83. The number of benzene rings is 1. The monoisotopic (exact) mass is 262 g/mol. The van der Waals surface area contributed by atoms with Gasteiger partial charge >= 0.3 is 5.97 Å². The van der Waals surface area contributed by atoms with E-state index >= 15 is 0 Å². The summed E-state index contributed by atoms with van der Waals surface area (Å²) in [4.78, 5) is 13.5. The van der Waals surface area contributed by atoms with Crippen LogP contribution in [0.4, 0.5) is 0 Å². The van der Waals surface area contributed by atoms with Crippen LogP contribution in [0.15, 0.2) is 24.3 Å². The highest BCUT2D eigenvalue weighted by atomic mass is 16.4. The zero-order valence-corrected chi connectivity index (χ0v) is 11.4. The Hall–Kier alpha value is -1.39. The number of piperidine rings is 1. The summed E-state index contributed by atoms with van der Waals surface area (Å²) in [7, 11) is 2.14. The molecule has 1 aliphatic rings. The van der Waals surface area contributed by atoms with E-state index in [9.17, 15) is 9.90 Å². The van der Waals surface area contributed by atoms with Crippen LogP contribution in [-0.4, -0.2) is 42.7 Å². The van der Waals surface area contributed by atoms with Crippen LogP contribution < -0.4 is 5.73 Å². The number of likely N-dealkylation sites (tertiary alicyclic amines) is 1. The van der Waals surface area contributed by atoms with Gasteiger partial charge in [0.1, 0.15) is 0 Å². The predicted octanol–water partition coefficient (Wildman–Crippen LogP) is 1.62. The van der Waals surface area contributed by atoms with Crippen molar-refractivity contribution < 1.29 is 9.90 Å². The second kappa shape index (κ2) is 6.17. The van der Waals surface area contributed by atoms with Crippen molar-refractivity contribution in [1.29, 1.82) is 0 Å². The Balaban J connectivity index is 2.17. The standard InChI is InChI=1S/C15H22N2O2/c1-17-7-5-11(6-8-17)12-3-2-4-13(9-12)14(10-16)15(18)19/h2-4,9,11,14H,5-8,10,16H2,1H3,(H,18,19). The lowest BCUT2D eigenvalue weighted by Crippen LogP contribution is -2.29. The molecule has 1 fully saturated rings. The number of carboxylic acids is 1. The van der Waals surface area contributed by atoms with Crippen molar-refractivity contribution >= 4 is 5.97 Å². The Kier molecular flexibility index (Phi) is 4.56. The summed E-state index contributed by atoms with van der Waals surface area (Å²) in [5.41, 5.74) is 7.65. The first-order valence-electron chi connectivity index (χ1n) is 6.83. The van der Waals surface area contributed by atoms with Crippen LogP contribution in [0.2, 0.25) is 0 Å². The van der Waals surface area contributed by atoms with Gasteiger partial charge in [0.2, 0.25) is 0 Å². The van der Waals surface area contributed by atoms with Crippen LogP contribution in [-0.2, 0) is 4.79 Å². The Morgan fingerprint density at radius 2 is 2.16 bits per heavy atom. The molecule has 1 unspecified atom stereocenters. The van der Waals surface area contributed by atoms with Gasteiger partial charge in [-0.1, -0.05) is 24.3 Å². The molecule has 0 spiro atoms. The van der Waals surface area contributed by atoms with Gasteiger partial charge in [-0.2, -0.15) is 0 Å². The highest BCUT2D eigenvalue weighted by Gasteiger charge is 2.21. The molecule has 0 saturated carbocycles. The van der Waals surface area contributed by atoms with Crippen LogP contribution in [0.3, 0.4) is 0 Å². The number of carboxylic acid groups (broad SMARTS) is 1. The first kappa shape index (κ1) is 14.0. The van der Waals surface area contributed by atoms with Gasteiger partial charge < -0.3 is 15.7 Å². The van der Waals surface area contributed by atoms with Crippen LogP contribution >= 0.6 is 0 Å². The third-order valence-corrected chi connectivity index (χ3v) is 4.04. The molecule has 2 rings (SSSR count). The van der Waals surface area contributed by atoms with Crippen LogP contribution in [0.25, 0.3) is 0 Å². The van der Waals surface area contributed by atoms with E-state index in [-0.39, 0.29) is 6.54 Å². The summed E-state index contributed by atoms with van der Waals surface area (Å²) in [5, 5.41) is 9.18. The molecule has 4 nitrogen and oxygen atoms in total. The molecular formula is C15H22N2O2. The van der Waals surface area contributed by atoms with Gasteiger partial charge in [0.25, 0.3) is 0 Å². The van der Waals surface area contributed by atoms with E-state index in [1.54, 1.807) is 0 Å². The molecule has 1 aromatic rings. The van der Waals surface area contributed by atoms with E-state index in [1.807, 2.05) is 18.2 Å². The Morgan fingerprint density at radius 3 is 2.74 bits per heavy atom. The number of rotatable bonds is 4. The van der Waals surface area contributed by atoms with E-state index < -0.39 is 11.9 Å². The maximum absolute atomic E-state index is 11.2. The van der Waals surface area contributed by atoms with Gasteiger partial charge in [-0.15, -0.1) is 0 Å². The first-order chi connectivity index (χ1) is 9.11. The van der Waals surface area contributed by atoms with Crippen molar-refractivity contribution in [2.24, 2.45) is 5.73 Å². The van der Waals surface area contributed by atoms with E-state index in [1.165, 1.54) is 5.56 Å². The van der Waals surface area contributed by atoms with Crippen LogP contribution in [0.5, 0.6) is 0 Å². The van der Waals surface area contributed by atoms with Crippen LogP contribution in [0.1, 0.15) is 35.8 Å². The predicted molar refractivity (Wildman–Crippen MR) is 75.3 cm³/mol. The SMILES string of the molecule is CN1CCC(c2cccc(C(CN)C(=O)O)c2)CC1. The fraction of sp³-hybridized carbons (Fsp3) is 0.533. The zero-order chi connectivity index (χ0) is 13.8. The van der Waals surface area contributed by atoms with Gasteiger partial charge in [0.15, 0.2) is 0 Å². The molecule has 1 atom stereocenters. The number of nitrogens with zero attached hydrogens (tertiary/aromatic N) is 1. The third-order valence-electron chi connectivity index (χ3n) is 4.04. The summed E-state index contributed by atoms with van der Waals surface area (Å²) in [6.45, 7) is 2.36. The van der Waals surface area contributed by atoms with Crippen molar-refractivity contribution in [2.45, 2.75) is 24.7 Å². The van der Waals surface area contributed by atoms with Gasteiger partial charge in [-0.3, -0.25) is 4.79 Å². The molecule has 104 valence electrons. The molecule has 0 amide bonds. The van der Waals surface area contributed by atoms with Crippen molar-refractivity contribution in [1.82, 2.24) is 4.90 Å². The lowest BCUT2D eigenvalue weighted by atomic mass is 9.87. The van der Waals surface area contributed by atoms with E-state index in [4.69, 9.17) is 5.73 Å². The normalized spacial score (nSPS) is 19.3. The molecule has 19 heavy (non-hydrogen) atoms. The molecule has 0 radical (unpaired) electrons. The minimum absolute atomic E-state index is 0.145. The summed E-state index contributed by atoms with van der Waals surface area (Å²) < 4.78 is 0. The smallest absolute Gasteiger partial charge is 0.312 e. The van der Waals surface area contributed by atoms with Crippen molar-refractivity contribution in [3.8, 4) is 0 Å². The molecule has 1 heterocycles. The molecular weight excluding hydrogens is 240 g/mol. The Labute approximate surface area is 114 Å². The minimum Gasteiger partial charge on any atom is -0.481 e. The Bertz CT molecular complexity index is 440. The maximum atomic E-state index is 11.2.